The van der Waals surface area contributed by atoms with E-state index in [1.165, 1.54) is 45.3 Å². The van der Waals surface area contributed by atoms with Crippen molar-refractivity contribution in [2.24, 2.45) is 29.1 Å². The average Bonchev–Trinajstić information content (AvgIpc) is 3.83. The molecule has 1 aliphatic rings. The van der Waals surface area contributed by atoms with Crippen LogP contribution in [0.4, 0.5) is 14.9 Å². The molecule has 6 amide bonds. The number of halogens is 1. The fourth-order valence-corrected chi connectivity index (χ4v) is 9.57. The zero-order chi connectivity index (χ0) is 54.0. The summed E-state index contributed by atoms with van der Waals surface area (Å²) in [6.07, 6.45) is 5.26. The number of carbonyl (C=O) groups is 7. The number of carboxylic acids is 1. The highest BCUT2D eigenvalue weighted by Gasteiger charge is 2.39. The first-order valence-corrected chi connectivity index (χ1v) is 26.8. The fourth-order valence-electron chi connectivity index (χ4n) is 8.73. The van der Waals surface area contributed by atoms with Crippen molar-refractivity contribution in [1.29, 1.82) is 0 Å². The predicted molar refractivity (Wildman–Crippen MR) is 279 cm³/mol. The SMILES string of the molecule is CCCCCCN(C(=O)[C@@H](NC(=O)[C@H]1CCCCN1C)[C@@H](C)CC)[C@H](C[C@@H](OC(=O)NC)c1nc(C(=O)N[C@@H](Cc2ccc(NC(=O)[C@H](C)NC(=O)[C@@H](C)C(C)C)c(F)c2)CC(C)(C)C(=O)O)cs1)C(C)C. The second kappa shape index (κ2) is 28.9. The third kappa shape index (κ3) is 18.1. The van der Waals surface area contributed by atoms with Gasteiger partial charge in [-0.25, -0.2) is 14.2 Å². The predicted octanol–water partition coefficient (Wildman–Crippen LogP) is 8.10. The first-order chi connectivity index (χ1) is 33.8. The Labute approximate surface area is 431 Å². The summed E-state index contributed by atoms with van der Waals surface area (Å²) in [5.74, 6) is -4.39. The van der Waals surface area contributed by atoms with E-state index < -0.39 is 65.4 Å². The van der Waals surface area contributed by atoms with Crippen LogP contribution in [0, 0.1) is 34.9 Å². The Kier molecular flexibility index (Phi) is 24.5. The van der Waals surface area contributed by atoms with Crippen molar-refractivity contribution in [2.75, 3.05) is 32.5 Å². The number of nitrogens with one attached hydrogen (secondary N) is 5. The van der Waals surface area contributed by atoms with Crippen LogP contribution in [-0.2, 0) is 35.1 Å². The van der Waals surface area contributed by atoms with E-state index in [0.29, 0.717) is 30.0 Å². The van der Waals surface area contributed by atoms with E-state index in [4.69, 9.17) is 4.74 Å². The molecule has 0 saturated carbocycles. The summed E-state index contributed by atoms with van der Waals surface area (Å²) < 4.78 is 21.6. The van der Waals surface area contributed by atoms with E-state index in [1.807, 2.05) is 58.4 Å². The molecule has 0 bridgehead atoms. The third-order valence-electron chi connectivity index (χ3n) is 14.1. The molecule has 3 rings (SSSR count). The number of likely N-dealkylation sites (N-methyl/N-ethyl adjacent to an activating group) is 1. The quantitative estimate of drug-likeness (QED) is 0.0446. The summed E-state index contributed by atoms with van der Waals surface area (Å²) >= 11 is 1.10. The molecule has 2 aromatic rings. The number of amides is 6. The van der Waals surface area contributed by atoms with Gasteiger partial charge in [-0.1, -0.05) is 93.6 Å². The summed E-state index contributed by atoms with van der Waals surface area (Å²) in [5.41, 5.74) is -1.04. The van der Waals surface area contributed by atoms with Gasteiger partial charge in [0.15, 0.2) is 6.10 Å². The van der Waals surface area contributed by atoms with E-state index in [9.17, 15) is 33.9 Å². The molecular weight excluding hydrogens is 944 g/mol. The van der Waals surface area contributed by atoms with Gasteiger partial charge >= 0.3 is 12.1 Å². The van der Waals surface area contributed by atoms with Crippen LogP contribution in [0.5, 0.6) is 0 Å². The Morgan fingerprint density at radius 1 is 0.944 bits per heavy atom. The second-order valence-corrected chi connectivity index (χ2v) is 21.9. The molecule has 17 nitrogen and oxygen atoms in total. The van der Waals surface area contributed by atoms with Gasteiger partial charge in [0, 0.05) is 43.4 Å². The number of anilines is 1. The molecule has 1 saturated heterocycles. The Balaban J connectivity index is 1.94. The lowest BCUT2D eigenvalue weighted by Gasteiger charge is -2.40. The van der Waals surface area contributed by atoms with E-state index in [1.54, 1.807) is 13.0 Å². The molecule has 0 unspecified atom stereocenters. The van der Waals surface area contributed by atoms with E-state index >= 15 is 9.18 Å². The molecule has 1 aromatic heterocycles. The summed E-state index contributed by atoms with van der Waals surface area (Å²) in [7, 11) is 3.37. The van der Waals surface area contributed by atoms with Crippen LogP contribution in [0.1, 0.15) is 168 Å². The summed E-state index contributed by atoms with van der Waals surface area (Å²) in [5, 5.41) is 25.6. The lowest BCUT2D eigenvalue weighted by atomic mass is 9.84. The number of nitrogens with zero attached hydrogens (tertiary/aromatic N) is 3. The van der Waals surface area contributed by atoms with Crippen molar-refractivity contribution in [3.05, 3.63) is 45.7 Å². The van der Waals surface area contributed by atoms with E-state index in [2.05, 4.69) is 38.5 Å². The van der Waals surface area contributed by atoms with E-state index in [-0.39, 0.29) is 78.1 Å². The van der Waals surface area contributed by atoms with Crippen molar-refractivity contribution >= 4 is 58.6 Å². The van der Waals surface area contributed by atoms with Gasteiger partial charge in [-0.2, -0.15) is 0 Å². The molecule has 0 aliphatic carbocycles. The van der Waals surface area contributed by atoms with Crippen LogP contribution in [0.25, 0.3) is 0 Å². The monoisotopic (exact) mass is 1030 g/mol. The standard InChI is InChI=1S/C53H85FN8O9S/c1-14-16-17-19-25-62(50(67)44(33(7)15-2)60-48(66)41-21-18-20-24-61(41)13)42(32(5)6)28-43(71-52(70)55-12)49-59-40(30-72-49)47(65)57-37(29-53(10,11)51(68)69)26-36-22-23-39(38(54)27-36)58-46(64)35(9)56-45(63)34(8)31(3)4/h22-23,27,30-35,37,41-44H,14-21,24-26,28-29H2,1-13H3,(H,55,70)(H,56,63)(H,57,65)(H,58,64)(H,60,66)(H,68,69)/t33-,34-,35-,37-,41+,42+,43+,44-/m0/s1. The molecule has 8 atom stereocenters. The van der Waals surface area contributed by atoms with Crippen molar-refractivity contribution in [1.82, 2.24) is 36.1 Å². The van der Waals surface area contributed by atoms with Crippen LogP contribution in [-0.4, -0.2) is 119 Å². The van der Waals surface area contributed by atoms with Crippen molar-refractivity contribution in [3.63, 3.8) is 0 Å². The van der Waals surface area contributed by atoms with Crippen LogP contribution in [0.15, 0.2) is 23.6 Å². The molecule has 0 spiro atoms. The zero-order valence-electron chi connectivity index (χ0n) is 45.1. The maximum absolute atomic E-state index is 15.6. The smallest absolute Gasteiger partial charge is 0.407 e. The number of piperidine rings is 1. The maximum Gasteiger partial charge on any atom is 0.407 e. The van der Waals surface area contributed by atoms with Gasteiger partial charge < -0.3 is 41.3 Å². The van der Waals surface area contributed by atoms with Gasteiger partial charge in [-0.3, -0.25) is 33.7 Å². The lowest BCUT2D eigenvalue weighted by molar-refractivity contribution is -0.147. The van der Waals surface area contributed by atoms with Crippen molar-refractivity contribution in [3.8, 4) is 0 Å². The fraction of sp³-hybridized carbons (Fsp3) is 0.698. The van der Waals surface area contributed by atoms with Gasteiger partial charge in [0.2, 0.25) is 23.6 Å². The summed E-state index contributed by atoms with van der Waals surface area (Å²) in [6, 6.07) is 0.755. The van der Waals surface area contributed by atoms with Crippen LogP contribution >= 0.6 is 11.3 Å². The third-order valence-corrected chi connectivity index (χ3v) is 15.0. The first kappa shape index (κ1) is 61.1. The first-order valence-electron chi connectivity index (χ1n) is 25.9. The number of hydrogen-bond acceptors (Lipinski definition) is 11. The number of aromatic nitrogens is 1. The number of alkyl carbamates (subject to hydrolysis) is 1. The largest absolute Gasteiger partial charge is 0.481 e. The second-order valence-electron chi connectivity index (χ2n) is 21.1. The average molecular weight is 1030 g/mol. The van der Waals surface area contributed by atoms with Gasteiger partial charge in [0.05, 0.1) is 17.1 Å². The minimum absolute atomic E-state index is 0.0141. The number of rotatable bonds is 28. The number of hydrogen-bond donors (Lipinski definition) is 6. The highest BCUT2D eigenvalue weighted by atomic mass is 32.1. The lowest BCUT2D eigenvalue weighted by Crippen LogP contribution is -2.59. The number of ether oxygens (including phenoxy) is 1. The maximum atomic E-state index is 15.6. The molecule has 2 heterocycles. The molecular formula is C53H85FN8O9S. The number of carbonyl (C=O) groups excluding carboxylic acids is 6. The normalized spacial score (nSPS) is 17.1. The van der Waals surface area contributed by atoms with Gasteiger partial charge in [0.25, 0.3) is 5.91 Å². The molecule has 1 aromatic carbocycles. The summed E-state index contributed by atoms with van der Waals surface area (Å²) in [6.45, 7) is 21.4. The molecule has 1 aliphatic heterocycles. The van der Waals surface area contributed by atoms with Crippen LogP contribution in [0.2, 0.25) is 0 Å². The van der Waals surface area contributed by atoms with Crippen molar-refractivity contribution in [2.45, 2.75) is 183 Å². The number of likely N-dealkylation sites (tertiary alicyclic amines) is 1. The van der Waals surface area contributed by atoms with Gasteiger partial charge in [-0.05, 0) is 102 Å². The number of thiazole rings is 1. The molecule has 0 radical (unpaired) electrons. The Morgan fingerprint density at radius 3 is 2.22 bits per heavy atom. The van der Waals surface area contributed by atoms with Crippen LogP contribution in [0.3, 0.4) is 0 Å². The Bertz CT molecular complexity index is 2130. The van der Waals surface area contributed by atoms with Crippen molar-refractivity contribution < 1.29 is 47.8 Å². The topological polar surface area (TPSA) is 228 Å². The molecule has 19 heteroatoms. The highest BCUT2D eigenvalue weighted by molar-refractivity contribution is 7.09. The van der Waals surface area contributed by atoms with E-state index in [0.717, 1.165) is 56.4 Å². The number of aliphatic carboxylic acids is 1. The number of unbranched alkanes of at least 4 members (excludes halogenated alkanes) is 3. The zero-order valence-corrected chi connectivity index (χ0v) is 45.9. The van der Waals surface area contributed by atoms with Gasteiger partial charge in [-0.15, -0.1) is 11.3 Å². The van der Waals surface area contributed by atoms with Gasteiger partial charge in [0.1, 0.15) is 28.6 Å². The number of carboxylic acid groups (broad SMARTS) is 1. The Morgan fingerprint density at radius 2 is 1.64 bits per heavy atom. The summed E-state index contributed by atoms with van der Waals surface area (Å²) in [4.78, 5) is 102. The molecule has 404 valence electrons. The molecule has 72 heavy (non-hydrogen) atoms. The molecule has 6 N–H and O–H groups in total. The Hall–Kier alpha value is -5.17. The number of benzene rings is 1. The van der Waals surface area contributed by atoms with Crippen LogP contribution < -0.4 is 26.6 Å². The molecule has 1 fully saturated rings. The minimum atomic E-state index is -1.31. The minimum Gasteiger partial charge on any atom is -0.481 e. The highest BCUT2D eigenvalue weighted by Crippen LogP contribution is 2.33.